The second kappa shape index (κ2) is 4.79. The minimum Gasteiger partial charge on any atom is -0.393 e. The second-order valence-corrected chi connectivity index (χ2v) is 4.16. The van der Waals surface area contributed by atoms with Crippen molar-refractivity contribution in [3.63, 3.8) is 0 Å². The lowest BCUT2D eigenvalue weighted by molar-refractivity contribution is -0.383. The number of rotatable bonds is 4. The summed E-state index contributed by atoms with van der Waals surface area (Å²) in [7, 11) is 0. The van der Waals surface area contributed by atoms with E-state index < -0.39 is 10.8 Å². The zero-order valence-corrected chi connectivity index (χ0v) is 10.5. The molecule has 18 heavy (non-hydrogen) atoms. The lowest BCUT2D eigenvalue weighted by Crippen LogP contribution is -2.37. The van der Waals surface area contributed by atoms with E-state index in [1.165, 1.54) is 6.07 Å². The minimum absolute atomic E-state index is 0.0314. The summed E-state index contributed by atoms with van der Waals surface area (Å²) >= 11 is 0. The van der Waals surface area contributed by atoms with Crippen LogP contribution in [0, 0.1) is 24.0 Å². The van der Waals surface area contributed by atoms with E-state index >= 15 is 0 Å². The summed E-state index contributed by atoms with van der Waals surface area (Å²) < 4.78 is 0. The smallest absolute Gasteiger partial charge is 0.294 e. The van der Waals surface area contributed by atoms with Crippen LogP contribution in [-0.4, -0.2) is 21.0 Å². The first-order valence-corrected chi connectivity index (χ1v) is 5.46. The Labute approximate surface area is 104 Å². The second-order valence-electron chi connectivity index (χ2n) is 4.16. The van der Waals surface area contributed by atoms with Gasteiger partial charge in [0, 0.05) is 18.2 Å². The van der Waals surface area contributed by atoms with Crippen molar-refractivity contribution in [3.05, 3.63) is 27.3 Å². The van der Waals surface area contributed by atoms with E-state index in [2.05, 4.69) is 5.32 Å². The Morgan fingerprint density at radius 1 is 1.44 bits per heavy atom. The number of nitro groups is 1. The molecule has 0 amide bonds. The van der Waals surface area contributed by atoms with Gasteiger partial charge in [0.2, 0.25) is 5.91 Å². The zero-order valence-electron chi connectivity index (χ0n) is 10.5. The summed E-state index contributed by atoms with van der Waals surface area (Å²) in [5.41, 5.74) is 6.94. The third-order valence-corrected chi connectivity index (χ3v) is 2.95. The van der Waals surface area contributed by atoms with Crippen LogP contribution in [0.25, 0.3) is 0 Å². The normalized spacial score (nSPS) is 11.4. The molecule has 0 radical (unpaired) electrons. The topological polar surface area (TPSA) is 122 Å². The molecular weight excluding hydrogens is 238 g/mol. The highest BCUT2D eigenvalue weighted by molar-refractivity contribution is 5.73. The predicted octanol–water partition coefficient (Wildman–Crippen LogP) is 1.25. The fourth-order valence-corrected chi connectivity index (χ4v) is 1.50. The van der Waals surface area contributed by atoms with Crippen molar-refractivity contribution in [2.45, 2.75) is 33.1 Å². The molecule has 0 aliphatic heterocycles. The van der Waals surface area contributed by atoms with Crippen LogP contribution in [-0.2, 0) is 0 Å². The van der Waals surface area contributed by atoms with Gasteiger partial charge in [-0.3, -0.25) is 10.1 Å². The first kappa shape index (κ1) is 14.2. The van der Waals surface area contributed by atoms with Crippen molar-refractivity contribution in [2.24, 2.45) is 0 Å². The quantitative estimate of drug-likeness (QED) is 0.278. The zero-order chi connectivity index (χ0) is 14.1. The Morgan fingerprint density at radius 2 is 2.00 bits per heavy atom. The van der Waals surface area contributed by atoms with Crippen LogP contribution in [0.15, 0.2) is 6.07 Å². The van der Waals surface area contributed by atoms with E-state index in [1.54, 1.807) is 20.8 Å². The van der Waals surface area contributed by atoms with Gasteiger partial charge >= 0.3 is 0 Å². The number of aliphatic hydroxyl groups is 2. The molecule has 100 valence electrons. The number of hydrogen-bond donors (Lipinski definition) is 4. The maximum Gasteiger partial charge on any atom is 0.294 e. The summed E-state index contributed by atoms with van der Waals surface area (Å²) in [5.74, 6) is -2.11. The molecule has 0 aromatic heterocycles. The lowest BCUT2D eigenvalue weighted by atomic mass is 10.0. The van der Waals surface area contributed by atoms with Crippen molar-refractivity contribution in [2.75, 3.05) is 11.1 Å². The molecule has 0 aliphatic carbocycles. The molecular formula is C11H17N3O4. The minimum atomic E-state index is -2.11. The highest BCUT2D eigenvalue weighted by Gasteiger charge is 2.24. The first-order chi connectivity index (χ1) is 8.19. The number of nitrogens with zero attached hydrogens (tertiary/aromatic N) is 1. The molecule has 0 heterocycles. The monoisotopic (exact) mass is 255 g/mol. The van der Waals surface area contributed by atoms with E-state index in [1.807, 2.05) is 0 Å². The van der Waals surface area contributed by atoms with E-state index in [0.717, 1.165) is 0 Å². The molecule has 1 aromatic rings. The summed E-state index contributed by atoms with van der Waals surface area (Å²) in [6.45, 7) is 4.91. The predicted molar refractivity (Wildman–Crippen MR) is 68.1 cm³/mol. The maximum atomic E-state index is 10.8. The third kappa shape index (κ3) is 2.69. The number of nitrogens with two attached hydrogens (primary N) is 1. The largest absolute Gasteiger partial charge is 0.393 e. The van der Waals surface area contributed by atoms with E-state index in [-0.39, 0.29) is 23.5 Å². The van der Waals surface area contributed by atoms with E-state index in [9.17, 15) is 20.3 Å². The van der Waals surface area contributed by atoms with Gasteiger partial charge in [-0.1, -0.05) is 6.92 Å². The number of anilines is 2. The average molecular weight is 255 g/mol. The van der Waals surface area contributed by atoms with Gasteiger partial charge in [-0.25, -0.2) is 0 Å². The SMILES string of the molecule is CCC(O)(O)Nc1cc([N+](=O)[O-])c(N)c(C)c1C. The van der Waals surface area contributed by atoms with Crippen LogP contribution in [0.2, 0.25) is 0 Å². The van der Waals surface area contributed by atoms with Gasteiger partial charge in [0.25, 0.3) is 5.69 Å². The number of nitrogen functional groups attached to an aromatic ring is 1. The fraction of sp³-hybridized carbons (Fsp3) is 0.455. The highest BCUT2D eigenvalue weighted by Crippen LogP contribution is 2.34. The van der Waals surface area contributed by atoms with Gasteiger partial charge in [0.1, 0.15) is 5.69 Å². The molecule has 7 nitrogen and oxygen atoms in total. The molecule has 0 unspecified atom stereocenters. The number of nitro benzene ring substituents is 1. The van der Waals surface area contributed by atoms with Gasteiger partial charge in [-0.2, -0.15) is 0 Å². The summed E-state index contributed by atoms with van der Waals surface area (Å²) in [6, 6.07) is 1.20. The van der Waals surface area contributed by atoms with E-state index in [0.29, 0.717) is 11.1 Å². The Bertz CT molecular complexity index is 486. The molecule has 1 aromatic carbocycles. The van der Waals surface area contributed by atoms with Crippen LogP contribution in [0.5, 0.6) is 0 Å². The van der Waals surface area contributed by atoms with E-state index in [4.69, 9.17) is 5.73 Å². The van der Waals surface area contributed by atoms with Crippen LogP contribution < -0.4 is 11.1 Å². The molecule has 7 heteroatoms. The molecule has 0 saturated carbocycles. The molecule has 0 saturated heterocycles. The van der Waals surface area contributed by atoms with Crippen molar-refractivity contribution in [3.8, 4) is 0 Å². The van der Waals surface area contributed by atoms with Crippen LogP contribution in [0.4, 0.5) is 17.1 Å². The third-order valence-electron chi connectivity index (χ3n) is 2.95. The first-order valence-electron chi connectivity index (χ1n) is 5.46. The van der Waals surface area contributed by atoms with Gasteiger partial charge in [-0.15, -0.1) is 0 Å². The van der Waals surface area contributed by atoms with Crippen molar-refractivity contribution >= 4 is 17.1 Å². The Hall–Kier alpha value is -1.86. The standard InChI is InChI=1S/C11H17N3O4/c1-4-11(15,16)13-8-5-9(14(17)18)10(12)7(3)6(8)2/h5,13,15-16H,4,12H2,1-3H3. The molecule has 0 aliphatic rings. The average Bonchev–Trinajstić information content (AvgIpc) is 2.29. The lowest BCUT2D eigenvalue weighted by Gasteiger charge is -2.24. The van der Waals surface area contributed by atoms with Crippen LogP contribution in [0.3, 0.4) is 0 Å². The maximum absolute atomic E-state index is 10.8. The molecule has 0 spiro atoms. The van der Waals surface area contributed by atoms with Crippen LogP contribution in [0.1, 0.15) is 24.5 Å². The molecule has 0 bridgehead atoms. The van der Waals surface area contributed by atoms with Crippen molar-refractivity contribution in [1.29, 1.82) is 0 Å². The van der Waals surface area contributed by atoms with Gasteiger partial charge in [-0.05, 0) is 25.0 Å². The van der Waals surface area contributed by atoms with Gasteiger partial charge in [0.15, 0.2) is 0 Å². The Balaban J connectivity index is 3.33. The van der Waals surface area contributed by atoms with Crippen molar-refractivity contribution < 1.29 is 15.1 Å². The molecule has 5 N–H and O–H groups in total. The Kier molecular flexibility index (Phi) is 3.78. The molecule has 0 atom stereocenters. The summed E-state index contributed by atoms with van der Waals surface area (Å²) in [6.07, 6.45) is 0.0314. The van der Waals surface area contributed by atoms with Crippen molar-refractivity contribution in [1.82, 2.24) is 0 Å². The fourth-order valence-electron chi connectivity index (χ4n) is 1.50. The Morgan fingerprint density at radius 3 is 2.44 bits per heavy atom. The molecule has 0 fully saturated rings. The summed E-state index contributed by atoms with van der Waals surface area (Å²) in [5, 5.41) is 32.4. The molecule has 1 rings (SSSR count). The number of hydrogen-bond acceptors (Lipinski definition) is 6. The van der Waals surface area contributed by atoms with Crippen LogP contribution >= 0.6 is 0 Å². The van der Waals surface area contributed by atoms with Gasteiger partial charge < -0.3 is 21.3 Å². The highest BCUT2D eigenvalue weighted by atomic mass is 16.6. The number of nitrogens with one attached hydrogen (secondary N) is 1. The van der Waals surface area contributed by atoms with Gasteiger partial charge in [0.05, 0.1) is 4.92 Å². The number of benzene rings is 1. The summed E-state index contributed by atoms with van der Waals surface area (Å²) in [4.78, 5) is 10.2.